The Labute approximate surface area is 106 Å². The van der Waals surface area contributed by atoms with Crippen LogP contribution >= 0.6 is 23.2 Å². The van der Waals surface area contributed by atoms with Crippen LogP contribution in [0, 0.1) is 5.92 Å². The maximum Gasteiger partial charge on any atom is 0.0614 e. The maximum absolute atomic E-state index is 5.98. The molecule has 1 aromatic carbocycles. The Morgan fingerprint density at radius 1 is 1.25 bits per heavy atom. The molecule has 0 aliphatic heterocycles. The van der Waals surface area contributed by atoms with Crippen molar-refractivity contribution in [3.05, 3.63) is 22.2 Å². The molecule has 3 N–H and O–H groups in total. The van der Waals surface area contributed by atoms with Crippen LogP contribution in [0.15, 0.2) is 12.1 Å². The first kappa shape index (κ1) is 11.9. The number of hydrogen-bond donors (Lipinski definition) is 2. The quantitative estimate of drug-likeness (QED) is 0.782. The number of nitrogens with two attached hydrogens (primary N) is 1. The third-order valence-corrected chi connectivity index (χ3v) is 4.02. The number of benzene rings is 1. The van der Waals surface area contributed by atoms with Gasteiger partial charge in [0.15, 0.2) is 0 Å². The standard InChI is InChI=1S/C12H16Cl2N2/c1-7-3-2-4-11(7)16-12-6-9(14)8(13)5-10(12)15/h5-7,11,16H,2-4,15H2,1H3. The van der Waals surface area contributed by atoms with E-state index < -0.39 is 0 Å². The van der Waals surface area contributed by atoms with Crippen molar-refractivity contribution < 1.29 is 0 Å². The van der Waals surface area contributed by atoms with Crippen LogP contribution in [0.25, 0.3) is 0 Å². The van der Waals surface area contributed by atoms with E-state index in [-0.39, 0.29) is 0 Å². The molecule has 0 spiro atoms. The van der Waals surface area contributed by atoms with Crippen molar-refractivity contribution in [2.24, 2.45) is 5.92 Å². The molecule has 1 aliphatic rings. The number of nitrogens with one attached hydrogen (secondary N) is 1. The minimum absolute atomic E-state index is 0.500. The van der Waals surface area contributed by atoms with Gasteiger partial charge in [-0.1, -0.05) is 36.5 Å². The Bertz CT molecular complexity index is 393. The molecule has 1 aromatic rings. The third kappa shape index (κ3) is 2.38. The summed E-state index contributed by atoms with van der Waals surface area (Å²) in [5.74, 6) is 0.689. The first-order chi connectivity index (χ1) is 7.58. The van der Waals surface area contributed by atoms with Crippen LogP contribution in [0.4, 0.5) is 11.4 Å². The smallest absolute Gasteiger partial charge is 0.0614 e. The summed E-state index contributed by atoms with van der Waals surface area (Å²) in [5, 5.41) is 4.51. The van der Waals surface area contributed by atoms with Gasteiger partial charge in [0.1, 0.15) is 0 Å². The molecule has 0 saturated heterocycles. The highest BCUT2D eigenvalue weighted by molar-refractivity contribution is 6.42. The number of nitrogen functional groups attached to an aromatic ring is 1. The predicted octanol–water partition coefficient (Wildman–Crippen LogP) is 4.18. The van der Waals surface area contributed by atoms with Crippen molar-refractivity contribution in [2.75, 3.05) is 11.1 Å². The van der Waals surface area contributed by atoms with Gasteiger partial charge < -0.3 is 11.1 Å². The van der Waals surface area contributed by atoms with Crippen LogP contribution in [-0.2, 0) is 0 Å². The number of hydrogen-bond acceptors (Lipinski definition) is 2. The largest absolute Gasteiger partial charge is 0.397 e. The molecule has 2 nitrogen and oxygen atoms in total. The van der Waals surface area contributed by atoms with Gasteiger partial charge in [-0.05, 0) is 30.9 Å². The van der Waals surface area contributed by atoms with Gasteiger partial charge in [0.25, 0.3) is 0 Å². The molecule has 88 valence electrons. The molecule has 1 aliphatic carbocycles. The summed E-state index contributed by atoms with van der Waals surface area (Å²) in [4.78, 5) is 0. The molecule has 2 unspecified atom stereocenters. The van der Waals surface area contributed by atoms with Crippen LogP contribution in [0.1, 0.15) is 26.2 Å². The second kappa shape index (κ2) is 4.72. The topological polar surface area (TPSA) is 38.0 Å². The Kier molecular flexibility index (Phi) is 3.50. The summed E-state index contributed by atoms with van der Waals surface area (Å²) in [6.07, 6.45) is 3.75. The lowest BCUT2D eigenvalue weighted by molar-refractivity contribution is 0.556. The maximum atomic E-state index is 5.98. The zero-order chi connectivity index (χ0) is 11.7. The van der Waals surface area contributed by atoms with E-state index in [1.165, 1.54) is 19.3 Å². The Balaban J connectivity index is 2.18. The summed E-state index contributed by atoms with van der Waals surface area (Å²) >= 11 is 11.9. The Hall–Kier alpha value is -0.600. The SMILES string of the molecule is CC1CCCC1Nc1cc(Cl)c(Cl)cc1N. The van der Waals surface area contributed by atoms with Crippen LogP contribution < -0.4 is 11.1 Å². The van der Waals surface area contributed by atoms with Gasteiger partial charge >= 0.3 is 0 Å². The predicted molar refractivity (Wildman–Crippen MR) is 71.3 cm³/mol. The van der Waals surface area contributed by atoms with Crippen LogP contribution in [-0.4, -0.2) is 6.04 Å². The van der Waals surface area contributed by atoms with E-state index in [4.69, 9.17) is 28.9 Å². The highest BCUT2D eigenvalue weighted by Gasteiger charge is 2.23. The van der Waals surface area contributed by atoms with E-state index in [0.29, 0.717) is 27.7 Å². The van der Waals surface area contributed by atoms with Crippen molar-refractivity contribution in [1.82, 2.24) is 0 Å². The van der Waals surface area contributed by atoms with Gasteiger partial charge in [0.05, 0.1) is 21.4 Å². The Morgan fingerprint density at radius 2 is 1.94 bits per heavy atom. The van der Waals surface area contributed by atoms with Gasteiger partial charge in [-0.15, -0.1) is 0 Å². The van der Waals surface area contributed by atoms with Gasteiger partial charge in [0.2, 0.25) is 0 Å². The molecule has 0 heterocycles. The summed E-state index contributed by atoms with van der Waals surface area (Å²) in [7, 11) is 0. The Morgan fingerprint density at radius 3 is 2.56 bits per heavy atom. The highest BCUT2D eigenvalue weighted by Crippen LogP contribution is 2.34. The van der Waals surface area contributed by atoms with Gasteiger partial charge in [-0.25, -0.2) is 0 Å². The van der Waals surface area contributed by atoms with E-state index in [0.717, 1.165) is 5.69 Å². The van der Waals surface area contributed by atoms with Crippen molar-refractivity contribution in [2.45, 2.75) is 32.2 Å². The van der Waals surface area contributed by atoms with Crippen molar-refractivity contribution >= 4 is 34.6 Å². The molecule has 16 heavy (non-hydrogen) atoms. The fraction of sp³-hybridized carbons (Fsp3) is 0.500. The minimum Gasteiger partial charge on any atom is -0.397 e. The fourth-order valence-electron chi connectivity index (χ4n) is 2.25. The van der Waals surface area contributed by atoms with Crippen molar-refractivity contribution in [1.29, 1.82) is 0 Å². The molecule has 2 rings (SSSR count). The van der Waals surface area contributed by atoms with Crippen molar-refractivity contribution in [3.63, 3.8) is 0 Å². The zero-order valence-corrected chi connectivity index (χ0v) is 10.8. The normalized spacial score (nSPS) is 24.7. The number of anilines is 2. The summed E-state index contributed by atoms with van der Waals surface area (Å²) in [5.41, 5.74) is 7.47. The first-order valence-electron chi connectivity index (χ1n) is 5.59. The molecule has 0 radical (unpaired) electrons. The molecule has 1 saturated carbocycles. The zero-order valence-electron chi connectivity index (χ0n) is 9.26. The molecule has 0 aromatic heterocycles. The third-order valence-electron chi connectivity index (χ3n) is 3.29. The van der Waals surface area contributed by atoms with Crippen molar-refractivity contribution in [3.8, 4) is 0 Å². The molecule has 4 heteroatoms. The van der Waals surface area contributed by atoms with Gasteiger partial charge in [-0.2, -0.15) is 0 Å². The first-order valence-corrected chi connectivity index (χ1v) is 6.34. The highest BCUT2D eigenvalue weighted by atomic mass is 35.5. The van der Waals surface area contributed by atoms with E-state index in [9.17, 15) is 0 Å². The van der Waals surface area contributed by atoms with Crippen LogP contribution in [0.3, 0.4) is 0 Å². The summed E-state index contributed by atoms with van der Waals surface area (Å²) in [6.45, 7) is 2.26. The molecule has 1 fully saturated rings. The molecule has 0 bridgehead atoms. The fourth-order valence-corrected chi connectivity index (χ4v) is 2.58. The number of halogens is 2. The summed E-state index contributed by atoms with van der Waals surface area (Å²) < 4.78 is 0. The van der Waals surface area contributed by atoms with Gasteiger partial charge in [-0.3, -0.25) is 0 Å². The second-order valence-electron chi connectivity index (χ2n) is 4.51. The lowest BCUT2D eigenvalue weighted by atomic mass is 10.1. The van der Waals surface area contributed by atoms with Gasteiger partial charge in [0, 0.05) is 6.04 Å². The van der Waals surface area contributed by atoms with Crippen LogP contribution in [0.5, 0.6) is 0 Å². The van der Waals surface area contributed by atoms with Crippen LogP contribution in [0.2, 0.25) is 10.0 Å². The molecular weight excluding hydrogens is 243 g/mol. The average Bonchev–Trinajstić information content (AvgIpc) is 2.61. The van der Waals surface area contributed by atoms with E-state index in [1.807, 2.05) is 6.07 Å². The summed E-state index contributed by atoms with van der Waals surface area (Å²) in [6, 6.07) is 4.01. The molecule has 0 amide bonds. The number of rotatable bonds is 2. The molecular formula is C12H16Cl2N2. The lowest BCUT2D eigenvalue weighted by Crippen LogP contribution is -2.22. The molecule has 2 atom stereocenters. The van der Waals surface area contributed by atoms with E-state index >= 15 is 0 Å². The average molecular weight is 259 g/mol. The minimum atomic E-state index is 0.500. The van der Waals surface area contributed by atoms with E-state index in [2.05, 4.69) is 12.2 Å². The van der Waals surface area contributed by atoms with E-state index in [1.54, 1.807) is 6.07 Å². The monoisotopic (exact) mass is 258 g/mol. The second-order valence-corrected chi connectivity index (χ2v) is 5.33. The lowest BCUT2D eigenvalue weighted by Gasteiger charge is -2.20.